The zero-order valence-corrected chi connectivity index (χ0v) is 11.7. The van der Waals surface area contributed by atoms with Crippen LogP contribution < -0.4 is 10.5 Å². The van der Waals surface area contributed by atoms with Gasteiger partial charge in [-0.05, 0) is 15.9 Å². The topological polar surface area (TPSA) is 105 Å². The van der Waals surface area contributed by atoms with Gasteiger partial charge in [-0.1, -0.05) is 0 Å². The molecule has 0 atom stereocenters. The van der Waals surface area contributed by atoms with Crippen molar-refractivity contribution in [2.45, 2.75) is 0 Å². The van der Waals surface area contributed by atoms with Crippen LogP contribution in [0.5, 0.6) is 5.88 Å². The first-order valence-corrected chi connectivity index (χ1v) is 5.86. The number of hydrogen-bond acceptors (Lipinski definition) is 7. The number of carbonyl (C=O) groups excluding carboxylic acids is 1. The van der Waals surface area contributed by atoms with Crippen LogP contribution in [0.2, 0.25) is 0 Å². The standard InChI is InChI=1S/C10H10BrN5O3/c1-18-8-5(11)3-13-10(14-8)16-4-6(12)7(15-16)9(17)19-2/h3-4H,12H2,1-2H3. The van der Waals surface area contributed by atoms with Crippen molar-refractivity contribution in [3.8, 4) is 11.8 Å². The number of methoxy groups -OCH3 is 2. The molecule has 9 heteroatoms. The minimum absolute atomic E-state index is 0.00739. The van der Waals surface area contributed by atoms with E-state index in [1.54, 1.807) is 0 Å². The van der Waals surface area contributed by atoms with Gasteiger partial charge in [0.15, 0.2) is 5.69 Å². The molecule has 0 unspecified atom stereocenters. The molecule has 0 aliphatic heterocycles. The summed E-state index contributed by atoms with van der Waals surface area (Å²) in [5.74, 6) is -0.0547. The summed E-state index contributed by atoms with van der Waals surface area (Å²) in [6.07, 6.45) is 2.94. The Morgan fingerprint density at radius 3 is 2.84 bits per heavy atom. The number of hydrogen-bond donors (Lipinski definition) is 1. The van der Waals surface area contributed by atoms with Gasteiger partial charge in [0, 0.05) is 0 Å². The van der Waals surface area contributed by atoms with Crippen molar-refractivity contribution in [2.75, 3.05) is 20.0 Å². The highest BCUT2D eigenvalue weighted by Gasteiger charge is 2.17. The molecule has 0 radical (unpaired) electrons. The van der Waals surface area contributed by atoms with Crippen molar-refractivity contribution >= 4 is 27.6 Å². The lowest BCUT2D eigenvalue weighted by Gasteiger charge is -2.03. The number of nitrogens with zero attached hydrogens (tertiary/aromatic N) is 4. The Bertz CT molecular complexity index is 628. The van der Waals surface area contributed by atoms with Gasteiger partial charge in [0.25, 0.3) is 5.95 Å². The summed E-state index contributed by atoms with van der Waals surface area (Å²) in [6.45, 7) is 0. The van der Waals surface area contributed by atoms with Gasteiger partial charge in [-0.3, -0.25) is 0 Å². The molecular weight excluding hydrogens is 318 g/mol. The Morgan fingerprint density at radius 1 is 1.47 bits per heavy atom. The van der Waals surface area contributed by atoms with E-state index < -0.39 is 5.97 Å². The van der Waals surface area contributed by atoms with E-state index in [-0.39, 0.29) is 17.3 Å². The highest BCUT2D eigenvalue weighted by atomic mass is 79.9. The van der Waals surface area contributed by atoms with E-state index >= 15 is 0 Å². The molecule has 0 aromatic carbocycles. The third kappa shape index (κ3) is 2.50. The Hall–Kier alpha value is -2.16. The molecule has 2 aromatic rings. The van der Waals surface area contributed by atoms with Crippen LogP contribution in [-0.2, 0) is 4.74 Å². The first-order chi connectivity index (χ1) is 9.06. The lowest BCUT2D eigenvalue weighted by atomic mass is 10.4. The van der Waals surface area contributed by atoms with Gasteiger partial charge in [0.2, 0.25) is 5.88 Å². The molecule has 2 heterocycles. The van der Waals surface area contributed by atoms with Crippen molar-refractivity contribution < 1.29 is 14.3 Å². The number of nitrogen functional groups attached to an aromatic ring is 1. The van der Waals surface area contributed by atoms with Crippen LogP contribution in [0.3, 0.4) is 0 Å². The fourth-order valence-electron chi connectivity index (χ4n) is 1.34. The lowest BCUT2D eigenvalue weighted by molar-refractivity contribution is 0.0594. The number of halogens is 1. The minimum Gasteiger partial charge on any atom is -0.480 e. The third-order valence-electron chi connectivity index (χ3n) is 2.22. The SMILES string of the molecule is COC(=O)c1nn(-c2ncc(Br)c(OC)n2)cc1N. The zero-order chi connectivity index (χ0) is 14.0. The summed E-state index contributed by atoms with van der Waals surface area (Å²) in [4.78, 5) is 19.6. The fourth-order valence-corrected chi connectivity index (χ4v) is 1.69. The predicted octanol–water partition coefficient (Wildman–Crippen LogP) is 0.802. The average molecular weight is 328 g/mol. The highest BCUT2D eigenvalue weighted by Crippen LogP contribution is 2.22. The first-order valence-electron chi connectivity index (χ1n) is 5.07. The molecule has 0 amide bonds. The number of ether oxygens (including phenoxy) is 2. The highest BCUT2D eigenvalue weighted by molar-refractivity contribution is 9.10. The summed E-state index contributed by atoms with van der Waals surface area (Å²) >= 11 is 3.24. The molecule has 0 spiro atoms. The van der Waals surface area contributed by atoms with Crippen LogP contribution in [0.4, 0.5) is 5.69 Å². The zero-order valence-electron chi connectivity index (χ0n) is 10.1. The molecular formula is C10H10BrN5O3. The van der Waals surface area contributed by atoms with Gasteiger partial charge in [0.05, 0.1) is 36.8 Å². The third-order valence-corrected chi connectivity index (χ3v) is 2.76. The van der Waals surface area contributed by atoms with Crippen molar-refractivity contribution in [1.29, 1.82) is 0 Å². The number of nitrogens with two attached hydrogens (primary N) is 1. The Balaban J connectivity index is 2.45. The summed E-state index contributed by atoms with van der Waals surface area (Å²) in [5.41, 5.74) is 5.86. The minimum atomic E-state index is -0.625. The van der Waals surface area contributed by atoms with Crippen LogP contribution in [0, 0.1) is 0 Å². The molecule has 0 saturated heterocycles. The molecule has 0 fully saturated rings. The molecule has 2 N–H and O–H groups in total. The Morgan fingerprint density at radius 2 is 2.21 bits per heavy atom. The van der Waals surface area contributed by atoms with E-state index in [0.29, 0.717) is 10.4 Å². The number of aromatic nitrogens is 4. The summed E-state index contributed by atoms with van der Waals surface area (Å²) < 4.78 is 11.5. The van der Waals surface area contributed by atoms with Gasteiger partial charge >= 0.3 is 5.97 Å². The van der Waals surface area contributed by atoms with E-state index in [1.807, 2.05) is 0 Å². The van der Waals surface area contributed by atoms with Gasteiger partial charge in [-0.2, -0.15) is 10.1 Å². The number of esters is 1. The van der Waals surface area contributed by atoms with Gasteiger partial charge in [-0.15, -0.1) is 0 Å². The van der Waals surface area contributed by atoms with E-state index in [9.17, 15) is 4.79 Å². The largest absolute Gasteiger partial charge is 0.480 e. The molecule has 8 nitrogen and oxygen atoms in total. The first kappa shape index (κ1) is 13.3. The molecule has 0 aliphatic rings. The second-order valence-electron chi connectivity index (χ2n) is 3.40. The average Bonchev–Trinajstić information content (AvgIpc) is 2.80. The summed E-state index contributed by atoms with van der Waals surface area (Å²) in [5, 5.41) is 3.98. The van der Waals surface area contributed by atoms with Gasteiger partial charge in [-0.25, -0.2) is 14.5 Å². The van der Waals surface area contributed by atoms with Gasteiger partial charge < -0.3 is 15.2 Å². The smallest absolute Gasteiger partial charge is 0.360 e. The van der Waals surface area contributed by atoms with Crippen LogP contribution in [-0.4, -0.2) is 39.9 Å². The lowest BCUT2D eigenvalue weighted by Crippen LogP contribution is -2.07. The van der Waals surface area contributed by atoms with Crippen LogP contribution in [0.1, 0.15) is 10.5 Å². The van der Waals surface area contributed by atoms with Crippen molar-refractivity contribution in [3.05, 3.63) is 22.6 Å². The predicted molar refractivity (Wildman–Crippen MR) is 69.2 cm³/mol. The molecule has 2 rings (SSSR count). The van der Waals surface area contributed by atoms with E-state index in [2.05, 4.69) is 35.7 Å². The molecule has 0 aliphatic carbocycles. The monoisotopic (exact) mass is 327 g/mol. The normalized spacial score (nSPS) is 10.3. The molecule has 0 saturated carbocycles. The van der Waals surface area contributed by atoms with Gasteiger partial charge in [0.1, 0.15) is 0 Å². The second kappa shape index (κ2) is 5.22. The number of rotatable bonds is 3. The maximum absolute atomic E-state index is 11.4. The summed E-state index contributed by atoms with van der Waals surface area (Å²) in [7, 11) is 2.73. The maximum atomic E-state index is 11.4. The van der Waals surface area contributed by atoms with Crippen LogP contribution in [0.15, 0.2) is 16.9 Å². The van der Waals surface area contributed by atoms with Crippen LogP contribution in [0.25, 0.3) is 5.95 Å². The quantitative estimate of drug-likeness (QED) is 0.831. The fraction of sp³-hybridized carbons (Fsp3) is 0.200. The van der Waals surface area contributed by atoms with Crippen molar-refractivity contribution in [2.24, 2.45) is 0 Å². The van der Waals surface area contributed by atoms with E-state index in [0.717, 1.165) is 0 Å². The Labute approximate surface area is 116 Å². The van der Waals surface area contributed by atoms with Crippen molar-refractivity contribution in [1.82, 2.24) is 19.7 Å². The van der Waals surface area contributed by atoms with Crippen LogP contribution >= 0.6 is 15.9 Å². The Kier molecular flexibility index (Phi) is 3.65. The molecule has 2 aromatic heterocycles. The maximum Gasteiger partial charge on any atom is 0.360 e. The summed E-state index contributed by atoms with van der Waals surface area (Å²) in [6, 6.07) is 0. The molecule has 100 valence electrons. The molecule has 0 bridgehead atoms. The second-order valence-corrected chi connectivity index (χ2v) is 4.25. The van der Waals surface area contributed by atoms with E-state index in [4.69, 9.17) is 10.5 Å². The molecule has 19 heavy (non-hydrogen) atoms. The number of carbonyl (C=O) groups is 1. The number of anilines is 1. The van der Waals surface area contributed by atoms with Crippen molar-refractivity contribution in [3.63, 3.8) is 0 Å². The van der Waals surface area contributed by atoms with E-state index in [1.165, 1.54) is 31.3 Å².